The van der Waals surface area contributed by atoms with Gasteiger partial charge in [-0.05, 0) is 25.9 Å². The topological polar surface area (TPSA) is 79.0 Å². The Hall–Kier alpha value is -1.40. The van der Waals surface area contributed by atoms with E-state index < -0.39 is 0 Å². The molecule has 2 heterocycles. The largest absolute Gasteiger partial charge is 0.376 e. The third-order valence-corrected chi connectivity index (χ3v) is 3.23. The number of hydrogen-bond acceptors (Lipinski definition) is 5. The Labute approximate surface area is 99.8 Å². The standard InChI is InChI=1S/C11H18N4O2/c1-17-11(2-4-12-5-3-11)8-15-9-10(16)14-7-6-13-9/h6-7,12H,2-5,8H2,1H3,(H,13,15)(H,14,16). The summed E-state index contributed by atoms with van der Waals surface area (Å²) in [5, 5.41) is 6.36. The maximum atomic E-state index is 11.5. The fourth-order valence-corrected chi connectivity index (χ4v) is 2.06. The second-order valence-corrected chi connectivity index (χ2v) is 4.26. The van der Waals surface area contributed by atoms with Gasteiger partial charge in [0.1, 0.15) is 0 Å². The van der Waals surface area contributed by atoms with E-state index in [1.165, 1.54) is 6.20 Å². The van der Waals surface area contributed by atoms with Crippen molar-refractivity contribution in [3.63, 3.8) is 0 Å². The summed E-state index contributed by atoms with van der Waals surface area (Å²) in [6, 6.07) is 0. The van der Waals surface area contributed by atoms with Crippen LogP contribution in [0, 0.1) is 0 Å². The predicted octanol–water partition coefficient (Wildman–Crippen LogP) is -0.0496. The van der Waals surface area contributed by atoms with E-state index in [-0.39, 0.29) is 11.2 Å². The monoisotopic (exact) mass is 238 g/mol. The molecule has 1 aliphatic heterocycles. The molecule has 6 heteroatoms. The Morgan fingerprint density at radius 3 is 2.94 bits per heavy atom. The van der Waals surface area contributed by atoms with Crippen LogP contribution >= 0.6 is 0 Å². The third-order valence-electron chi connectivity index (χ3n) is 3.23. The van der Waals surface area contributed by atoms with Crippen LogP contribution in [0.1, 0.15) is 12.8 Å². The van der Waals surface area contributed by atoms with Crippen molar-refractivity contribution < 1.29 is 4.74 Å². The number of H-pyrrole nitrogens is 1. The van der Waals surface area contributed by atoms with Gasteiger partial charge in [-0.25, -0.2) is 4.98 Å². The van der Waals surface area contributed by atoms with Crippen LogP contribution in [0.2, 0.25) is 0 Å². The zero-order valence-corrected chi connectivity index (χ0v) is 9.95. The van der Waals surface area contributed by atoms with E-state index in [1.807, 2.05) is 0 Å². The van der Waals surface area contributed by atoms with E-state index in [2.05, 4.69) is 20.6 Å². The first-order valence-electron chi connectivity index (χ1n) is 5.79. The summed E-state index contributed by atoms with van der Waals surface area (Å²) in [6.07, 6.45) is 4.94. The van der Waals surface area contributed by atoms with E-state index in [0.29, 0.717) is 12.4 Å². The van der Waals surface area contributed by atoms with Crippen LogP contribution in [-0.2, 0) is 4.74 Å². The Kier molecular flexibility index (Phi) is 3.75. The number of nitrogens with one attached hydrogen (secondary N) is 3. The molecule has 1 aromatic rings. The first-order chi connectivity index (χ1) is 8.26. The molecule has 1 aromatic heterocycles. The number of ether oxygens (including phenoxy) is 1. The molecule has 1 saturated heterocycles. The van der Waals surface area contributed by atoms with Crippen LogP contribution in [0.25, 0.3) is 0 Å². The van der Waals surface area contributed by atoms with Gasteiger partial charge in [0.05, 0.1) is 5.60 Å². The lowest BCUT2D eigenvalue weighted by Crippen LogP contribution is -2.48. The van der Waals surface area contributed by atoms with Gasteiger partial charge in [0, 0.05) is 26.0 Å². The summed E-state index contributed by atoms with van der Waals surface area (Å²) in [5.74, 6) is 0.349. The minimum absolute atomic E-state index is 0.199. The molecule has 0 spiro atoms. The van der Waals surface area contributed by atoms with E-state index in [1.54, 1.807) is 13.3 Å². The Morgan fingerprint density at radius 1 is 1.53 bits per heavy atom. The molecule has 0 aromatic carbocycles. The highest BCUT2D eigenvalue weighted by Gasteiger charge is 2.31. The zero-order chi connectivity index (χ0) is 12.1. The highest BCUT2D eigenvalue weighted by Crippen LogP contribution is 2.22. The van der Waals surface area contributed by atoms with Crippen LogP contribution in [0.5, 0.6) is 0 Å². The van der Waals surface area contributed by atoms with Gasteiger partial charge >= 0.3 is 0 Å². The summed E-state index contributed by atoms with van der Waals surface area (Å²) < 4.78 is 5.60. The normalized spacial score (nSPS) is 18.9. The van der Waals surface area contributed by atoms with Crippen molar-refractivity contribution in [3.8, 4) is 0 Å². The summed E-state index contributed by atoms with van der Waals surface area (Å²) in [5.41, 5.74) is -0.400. The molecule has 0 radical (unpaired) electrons. The second-order valence-electron chi connectivity index (χ2n) is 4.26. The molecule has 17 heavy (non-hydrogen) atoms. The van der Waals surface area contributed by atoms with Crippen LogP contribution < -0.4 is 16.2 Å². The molecule has 3 N–H and O–H groups in total. The number of anilines is 1. The Morgan fingerprint density at radius 2 is 2.29 bits per heavy atom. The average molecular weight is 238 g/mol. The summed E-state index contributed by atoms with van der Waals surface area (Å²) in [6.45, 7) is 2.48. The van der Waals surface area contributed by atoms with E-state index in [4.69, 9.17) is 4.74 Å². The quantitative estimate of drug-likeness (QED) is 0.685. The predicted molar refractivity (Wildman–Crippen MR) is 65.2 cm³/mol. The molecule has 0 saturated carbocycles. The summed E-state index contributed by atoms with van der Waals surface area (Å²) in [4.78, 5) is 18.0. The van der Waals surface area contributed by atoms with Crippen molar-refractivity contribution in [2.24, 2.45) is 0 Å². The number of methoxy groups -OCH3 is 1. The van der Waals surface area contributed by atoms with Gasteiger partial charge < -0.3 is 20.4 Å². The van der Waals surface area contributed by atoms with Crippen molar-refractivity contribution in [1.29, 1.82) is 0 Å². The van der Waals surface area contributed by atoms with Crippen molar-refractivity contribution in [2.75, 3.05) is 32.1 Å². The first-order valence-corrected chi connectivity index (χ1v) is 5.79. The fraction of sp³-hybridized carbons (Fsp3) is 0.636. The number of nitrogens with zero attached hydrogens (tertiary/aromatic N) is 1. The van der Waals surface area contributed by atoms with Gasteiger partial charge in [0.25, 0.3) is 5.56 Å². The lowest BCUT2D eigenvalue weighted by molar-refractivity contribution is -0.0227. The Bertz CT molecular complexity index is 412. The fourth-order valence-electron chi connectivity index (χ4n) is 2.06. The van der Waals surface area contributed by atoms with Crippen LogP contribution in [-0.4, -0.2) is 42.3 Å². The lowest BCUT2D eigenvalue weighted by Gasteiger charge is -2.36. The third kappa shape index (κ3) is 2.83. The number of aromatic nitrogens is 2. The van der Waals surface area contributed by atoms with Crippen molar-refractivity contribution >= 4 is 5.82 Å². The van der Waals surface area contributed by atoms with Gasteiger partial charge in [-0.1, -0.05) is 0 Å². The molecule has 0 atom stereocenters. The SMILES string of the molecule is COC1(CNc2ncc[nH]c2=O)CCNCC1. The highest BCUT2D eigenvalue weighted by molar-refractivity contribution is 5.30. The maximum absolute atomic E-state index is 11.5. The molecule has 94 valence electrons. The summed E-state index contributed by atoms with van der Waals surface area (Å²) in [7, 11) is 1.72. The minimum Gasteiger partial charge on any atom is -0.376 e. The molecule has 1 aliphatic rings. The van der Waals surface area contributed by atoms with Crippen molar-refractivity contribution in [1.82, 2.24) is 15.3 Å². The number of hydrogen-bond donors (Lipinski definition) is 3. The van der Waals surface area contributed by atoms with Gasteiger partial charge in [0.15, 0.2) is 5.82 Å². The molecular weight excluding hydrogens is 220 g/mol. The number of piperidine rings is 1. The zero-order valence-electron chi connectivity index (χ0n) is 9.95. The van der Waals surface area contributed by atoms with Crippen LogP contribution in [0.15, 0.2) is 17.2 Å². The maximum Gasteiger partial charge on any atom is 0.290 e. The molecule has 0 bridgehead atoms. The van der Waals surface area contributed by atoms with Gasteiger partial charge in [-0.2, -0.15) is 0 Å². The molecule has 1 fully saturated rings. The first kappa shape index (κ1) is 12.1. The second kappa shape index (κ2) is 5.29. The minimum atomic E-state index is -0.201. The molecule has 0 unspecified atom stereocenters. The Balaban J connectivity index is 2.01. The average Bonchev–Trinajstić information content (AvgIpc) is 2.39. The molecule has 2 rings (SSSR count). The van der Waals surface area contributed by atoms with Gasteiger partial charge in [0.2, 0.25) is 0 Å². The lowest BCUT2D eigenvalue weighted by atomic mass is 9.92. The van der Waals surface area contributed by atoms with Crippen LogP contribution in [0.3, 0.4) is 0 Å². The molecule has 0 aliphatic carbocycles. The van der Waals surface area contributed by atoms with Crippen molar-refractivity contribution in [3.05, 3.63) is 22.7 Å². The molecule has 6 nitrogen and oxygen atoms in total. The van der Waals surface area contributed by atoms with Gasteiger partial charge in [-0.15, -0.1) is 0 Å². The van der Waals surface area contributed by atoms with E-state index in [0.717, 1.165) is 25.9 Å². The molecular formula is C11H18N4O2. The van der Waals surface area contributed by atoms with Crippen LogP contribution in [0.4, 0.5) is 5.82 Å². The highest BCUT2D eigenvalue weighted by atomic mass is 16.5. The van der Waals surface area contributed by atoms with E-state index >= 15 is 0 Å². The number of aromatic amines is 1. The molecule has 0 amide bonds. The summed E-state index contributed by atoms with van der Waals surface area (Å²) >= 11 is 0. The smallest absolute Gasteiger partial charge is 0.290 e. The number of rotatable bonds is 4. The van der Waals surface area contributed by atoms with E-state index in [9.17, 15) is 4.79 Å². The van der Waals surface area contributed by atoms with Gasteiger partial charge in [-0.3, -0.25) is 4.79 Å². The van der Waals surface area contributed by atoms with Crippen molar-refractivity contribution in [2.45, 2.75) is 18.4 Å².